The van der Waals surface area contributed by atoms with E-state index in [1.54, 1.807) is 0 Å². The summed E-state index contributed by atoms with van der Waals surface area (Å²) >= 11 is 1.46. The number of amides is 1. The molecule has 0 radical (unpaired) electrons. The van der Waals surface area contributed by atoms with Crippen LogP contribution in [0.15, 0.2) is 29.4 Å². The predicted octanol–water partition coefficient (Wildman–Crippen LogP) is 3.78. The van der Waals surface area contributed by atoms with Gasteiger partial charge in [-0.25, -0.2) is 0 Å². The number of thioether (sulfide) groups is 1. The molecule has 2 aromatic rings. The molecule has 1 N–H and O–H groups in total. The van der Waals surface area contributed by atoms with Gasteiger partial charge in [-0.15, -0.1) is 10.2 Å². The molecule has 1 heterocycles. The maximum absolute atomic E-state index is 12.3. The number of nitrogens with one attached hydrogen (secondary N) is 1. The Hall–Kier alpha value is -1.82. The van der Waals surface area contributed by atoms with E-state index in [2.05, 4.69) is 40.0 Å². The molecule has 0 bridgehead atoms. The van der Waals surface area contributed by atoms with E-state index in [-0.39, 0.29) is 5.91 Å². The first kappa shape index (κ1) is 16.1. The number of aromatic nitrogens is 3. The zero-order valence-corrected chi connectivity index (χ0v) is 14.6. The van der Waals surface area contributed by atoms with Crippen LogP contribution in [0.1, 0.15) is 50.0 Å². The Kier molecular flexibility index (Phi) is 4.71. The van der Waals surface area contributed by atoms with Gasteiger partial charge in [-0.1, -0.05) is 43.8 Å². The molecule has 0 spiro atoms. The summed E-state index contributed by atoms with van der Waals surface area (Å²) in [5.74, 6) is 1.64. The highest BCUT2D eigenvalue weighted by Gasteiger charge is 2.28. The molecule has 5 nitrogen and oxygen atoms in total. The van der Waals surface area contributed by atoms with Gasteiger partial charge in [0.25, 0.3) is 0 Å². The van der Waals surface area contributed by atoms with Gasteiger partial charge in [0.05, 0.1) is 5.75 Å². The second-order valence-corrected chi connectivity index (χ2v) is 7.15. The van der Waals surface area contributed by atoms with Crippen molar-refractivity contribution in [3.05, 3.63) is 35.7 Å². The highest BCUT2D eigenvalue weighted by atomic mass is 32.2. The zero-order chi connectivity index (χ0) is 16.4. The Balaban J connectivity index is 1.62. The minimum absolute atomic E-state index is 0.00824. The molecule has 1 aliphatic rings. The zero-order valence-electron chi connectivity index (χ0n) is 13.7. The molecule has 0 aliphatic heterocycles. The van der Waals surface area contributed by atoms with Crippen LogP contribution >= 0.6 is 11.8 Å². The van der Waals surface area contributed by atoms with E-state index >= 15 is 0 Å². The van der Waals surface area contributed by atoms with Crippen molar-refractivity contribution >= 4 is 23.4 Å². The Bertz CT molecular complexity index is 706. The number of anilines is 1. The van der Waals surface area contributed by atoms with Crippen LogP contribution in [-0.4, -0.2) is 26.4 Å². The summed E-state index contributed by atoms with van der Waals surface area (Å²) in [6, 6.07) is 8.48. The molecule has 122 valence electrons. The van der Waals surface area contributed by atoms with Gasteiger partial charge in [-0.3, -0.25) is 4.79 Å². The topological polar surface area (TPSA) is 59.8 Å². The minimum atomic E-state index is -0.00824. The Morgan fingerprint density at radius 1 is 1.35 bits per heavy atom. The molecule has 1 fully saturated rings. The molecular weight excluding hydrogens is 308 g/mol. The fourth-order valence-corrected chi connectivity index (χ4v) is 3.48. The van der Waals surface area contributed by atoms with E-state index in [4.69, 9.17) is 0 Å². The number of carbonyl (C=O) groups excluding carboxylic acids is 1. The summed E-state index contributed by atoms with van der Waals surface area (Å²) in [5, 5.41) is 12.2. The molecule has 23 heavy (non-hydrogen) atoms. The maximum atomic E-state index is 12.3. The number of rotatable bonds is 6. The van der Waals surface area contributed by atoms with E-state index in [9.17, 15) is 4.79 Å². The fraction of sp³-hybridized carbons (Fsp3) is 0.471. The summed E-state index contributed by atoms with van der Waals surface area (Å²) in [4.78, 5) is 12.3. The quantitative estimate of drug-likeness (QED) is 0.819. The van der Waals surface area contributed by atoms with Crippen LogP contribution in [0.2, 0.25) is 0 Å². The van der Waals surface area contributed by atoms with Crippen LogP contribution in [0, 0.1) is 6.92 Å². The van der Waals surface area contributed by atoms with Gasteiger partial charge in [0, 0.05) is 11.7 Å². The number of hydrogen-bond acceptors (Lipinski definition) is 4. The third-order valence-electron chi connectivity index (χ3n) is 3.94. The van der Waals surface area contributed by atoms with E-state index in [0.29, 0.717) is 17.7 Å². The van der Waals surface area contributed by atoms with Crippen LogP contribution in [0.5, 0.6) is 0 Å². The van der Waals surface area contributed by atoms with Crippen molar-refractivity contribution in [2.75, 3.05) is 11.1 Å². The lowest BCUT2D eigenvalue weighted by Gasteiger charge is -2.13. The van der Waals surface area contributed by atoms with Gasteiger partial charge in [0.1, 0.15) is 5.82 Å². The molecular formula is C17H22N4OS. The van der Waals surface area contributed by atoms with Crippen LogP contribution in [-0.2, 0) is 4.79 Å². The maximum Gasteiger partial charge on any atom is 0.234 e. The van der Waals surface area contributed by atoms with Crippen molar-refractivity contribution in [3.63, 3.8) is 0 Å². The monoisotopic (exact) mass is 330 g/mol. The van der Waals surface area contributed by atoms with Crippen molar-refractivity contribution < 1.29 is 4.79 Å². The summed E-state index contributed by atoms with van der Waals surface area (Å²) in [6.07, 6.45) is 2.36. The number of hydrogen-bond donors (Lipinski definition) is 1. The number of carbonyl (C=O) groups is 1. The molecule has 1 aromatic carbocycles. The van der Waals surface area contributed by atoms with Crippen LogP contribution in [0.25, 0.3) is 0 Å². The van der Waals surface area contributed by atoms with Gasteiger partial charge in [0.2, 0.25) is 5.91 Å². The lowest BCUT2D eigenvalue weighted by Crippen LogP contribution is -2.16. The normalized spacial score (nSPS) is 14.3. The van der Waals surface area contributed by atoms with Crippen molar-refractivity contribution in [3.8, 4) is 0 Å². The SMILES string of the molecule is Cc1nnc(SCC(=O)Nc2ccccc2C(C)C)n1C1CC1. The van der Waals surface area contributed by atoms with Crippen LogP contribution in [0.4, 0.5) is 5.69 Å². The van der Waals surface area contributed by atoms with Crippen LogP contribution in [0.3, 0.4) is 0 Å². The first-order chi connectivity index (χ1) is 11.1. The smallest absolute Gasteiger partial charge is 0.234 e. The van der Waals surface area contributed by atoms with Gasteiger partial charge >= 0.3 is 0 Å². The molecule has 0 unspecified atom stereocenters. The summed E-state index contributed by atoms with van der Waals surface area (Å²) < 4.78 is 2.15. The highest BCUT2D eigenvalue weighted by Crippen LogP contribution is 2.38. The second kappa shape index (κ2) is 6.74. The predicted molar refractivity (Wildman–Crippen MR) is 92.9 cm³/mol. The first-order valence-electron chi connectivity index (χ1n) is 7.99. The third-order valence-corrected chi connectivity index (χ3v) is 4.88. The van der Waals surface area contributed by atoms with Gasteiger partial charge < -0.3 is 9.88 Å². The molecule has 3 rings (SSSR count). The molecule has 0 atom stereocenters. The van der Waals surface area contributed by atoms with E-state index < -0.39 is 0 Å². The number of benzene rings is 1. The second-order valence-electron chi connectivity index (χ2n) is 6.21. The molecule has 0 saturated heterocycles. The van der Waals surface area contributed by atoms with Gasteiger partial charge in [0.15, 0.2) is 5.16 Å². The van der Waals surface area contributed by atoms with Crippen molar-refractivity contribution in [2.45, 2.75) is 50.7 Å². The van der Waals surface area contributed by atoms with E-state index in [1.807, 2.05) is 25.1 Å². The Labute approximate surface area is 140 Å². The molecule has 1 amide bonds. The number of nitrogens with zero attached hydrogens (tertiary/aromatic N) is 3. The summed E-state index contributed by atoms with van der Waals surface area (Å²) in [5.41, 5.74) is 2.05. The van der Waals surface area contributed by atoms with E-state index in [1.165, 1.54) is 24.6 Å². The van der Waals surface area contributed by atoms with Gasteiger partial charge in [-0.05, 0) is 37.3 Å². The van der Waals surface area contributed by atoms with Gasteiger partial charge in [-0.2, -0.15) is 0 Å². The lowest BCUT2D eigenvalue weighted by atomic mass is 10.0. The molecule has 1 saturated carbocycles. The molecule has 1 aromatic heterocycles. The summed E-state index contributed by atoms with van der Waals surface area (Å²) in [6.45, 7) is 6.22. The minimum Gasteiger partial charge on any atom is -0.325 e. The first-order valence-corrected chi connectivity index (χ1v) is 8.98. The highest BCUT2D eigenvalue weighted by molar-refractivity contribution is 7.99. The standard InChI is InChI=1S/C17H22N4OS/c1-11(2)14-6-4-5-7-15(14)18-16(22)10-23-17-20-19-12(3)21(17)13-8-9-13/h4-7,11,13H,8-10H2,1-3H3,(H,18,22). The van der Waals surface area contributed by atoms with Crippen LogP contribution < -0.4 is 5.32 Å². The molecule has 1 aliphatic carbocycles. The summed E-state index contributed by atoms with van der Waals surface area (Å²) in [7, 11) is 0. The average molecular weight is 330 g/mol. The average Bonchev–Trinajstić information content (AvgIpc) is 3.29. The Morgan fingerprint density at radius 3 is 2.78 bits per heavy atom. The number of aryl methyl sites for hydroxylation is 1. The Morgan fingerprint density at radius 2 is 2.09 bits per heavy atom. The van der Waals surface area contributed by atoms with E-state index in [0.717, 1.165) is 22.2 Å². The number of para-hydroxylation sites is 1. The fourth-order valence-electron chi connectivity index (χ4n) is 2.63. The molecule has 6 heteroatoms. The third kappa shape index (κ3) is 3.75. The van der Waals surface area contributed by atoms with Crippen molar-refractivity contribution in [1.82, 2.24) is 14.8 Å². The van der Waals surface area contributed by atoms with Crippen molar-refractivity contribution in [1.29, 1.82) is 0 Å². The lowest BCUT2D eigenvalue weighted by molar-refractivity contribution is -0.113. The largest absolute Gasteiger partial charge is 0.325 e. The van der Waals surface area contributed by atoms with Crippen molar-refractivity contribution in [2.24, 2.45) is 0 Å².